The Kier molecular flexibility index (Phi) is 4.66. The normalized spacial score (nSPS) is 34.9. The van der Waals surface area contributed by atoms with Crippen LogP contribution in [-0.2, 0) is 0 Å². The van der Waals surface area contributed by atoms with Crippen molar-refractivity contribution in [2.45, 2.75) is 89.8 Å². The smallest absolute Gasteiger partial charge is 0.0218 e. The molecule has 1 aliphatic heterocycles. The van der Waals surface area contributed by atoms with Crippen LogP contribution >= 0.6 is 0 Å². The number of hydrazine groups is 1. The van der Waals surface area contributed by atoms with Crippen LogP contribution in [0.2, 0.25) is 0 Å². The van der Waals surface area contributed by atoms with Gasteiger partial charge in [0, 0.05) is 18.1 Å². The van der Waals surface area contributed by atoms with Gasteiger partial charge in [0.25, 0.3) is 0 Å². The summed E-state index contributed by atoms with van der Waals surface area (Å²) in [6.07, 6.45) is 12.7. The van der Waals surface area contributed by atoms with Gasteiger partial charge in [0.15, 0.2) is 0 Å². The second kappa shape index (κ2) is 6.02. The van der Waals surface area contributed by atoms with E-state index < -0.39 is 0 Å². The van der Waals surface area contributed by atoms with Gasteiger partial charge in [-0.25, -0.2) is 5.01 Å². The zero-order valence-electron chi connectivity index (χ0n) is 11.0. The van der Waals surface area contributed by atoms with Gasteiger partial charge in [0.05, 0.1) is 0 Å². The molecule has 1 saturated carbocycles. The highest BCUT2D eigenvalue weighted by Crippen LogP contribution is 2.23. The predicted molar refractivity (Wildman–Crippen MR) is 69.2 cm³/mol. The van der Waals surface area contributed by atoms with Gasteiger partial charge in [-0.3, -0.25) is 5.43 Å². The highest BCUT2D eigenvalue weighted by atomic mass is 15.5. The molecule has 0 bridgehead atoms. The van der Waals surface area contributed by atoms with Gasteiger partial charge in [-0.1, -0.05) is 32.1 Å². The van der Waals surface area contributed by atoms with E-state index in [1.807, 2.05) is 0 Å². The number of rotatable bonds is 2. The molecule has 2 atom stereocenters. The average molecular weight is 224 g/mol. The van der Waals surface area contributed by atoms with E-state index in [0.717, 1.165) is 18.1 Å². The van der Waals surface area contributed by atoms with E-state index in [0.29, 0.717) is 0 Å². The second-order valence-electron chi connectivity index (χ2n) is 5.85. The third-order valence-corrected chi connectivity index (χ3v) is 4.38. The van der Waals surface area contributed by atoms with E-state index in [-0.39, 0.29) is 0 Å². The highest BCUT2D eigenvalue weighted by Gasteiger charge is 2.26. The third-order valence-electron chi connectivity index (χ3n) is 4.38. The highest BCUT2D eigenvalue weighted by molar-refractivity contribution is 4.79. The number of hydrogen-bond donors (Lipinski definition) is 1. The lowest BCUT2D eigenvalue weighted by Gasteiger charge is -2.41. The van der Waals surface area contributed by atoms with Crippen LogP contribution in [0.3, 0.4) is 0 Å². The fourth-order valence-electron chi connectivity index (χ4n) is 3.30. The van der Waals surface area contributed by atoms with Crippen molar-refractivity contribution >= 4 is 0 Å². The van der Waals surface area contributed by atoms with Crippen molar-refractivity contribution in [1.29, 1.82) is 0 Å². The van der Waals surface area contributed by atoms with Crippen LogP contribution in [0.4, 0.5) is 0 Å². The molecule has 0 aromatic heterocycles. The molecule has 1 saturated heterocycles. The maximum Gasteiger partial charge on any atom is 0.0218 e. The Morgan fingerprint density at radius 3 is 1.88 bits per heavy atom. The molecule has 2 fully saturated rings. The lowest BCUT2D eigenvalue weighted by molar-refractivity contribution is 0.0268. The molecular weight excluding hydrogens is 196 g/mol. The molecule has 2 aliphatic rings. The fourth-order valence-corrected chi connectivity index (χ4v) is 3.30. The molecule has 2 heteroatoms. The summed E-state index contributed by atoms with van der Waals surface area (Å²) in [5, 5.41) is 2.56. The quantitative estimate of drug-likeness (QED) is 0.722. The molecular formula is C14H28N2. The van der Waals surface area contributed by atoms with E-state index in [1.165, 1.54) is 57.8 Å². The Balaban J connectivity index is 1.85. The van der Waals surface area contributed by atoms with E-state index in [9.17, 15) is 0 Å². The van der Waals surface area contributed by atoms with Crippen LogP contribution in [0.25, 0.3) is 0 Å². The van der Waals surface area contributed by atoms with Gasteiger partial charge >= 0.3 is 0 Å². The molecule has 16 heavy (non-hydrogen) atoms. The molecule has 0 aromatic rings. The minimum atomic E-state index is 0.729. The Labute approximate surface area is 101 Å². The van der Waals surface area contributed by atoms with Crippen molar-refractivity contribution in [3.63, 3.8) is 0 Å². The average Bonchev–Trinajstić information content (AvgIpc) is 2.52. The second-order valence-corrected chi connectivity index (χ2v) is 5.85. The topological polar surface area (TPSA) is 15.3 Å². The van der Waals surface area contributed by atoms with Crippen molar-refractivity contribution < 1.29 is 0 Å². The summed E-state index contributed by atoms with van der Waals surface area (Å²) in [6, 6.07) is 2.21. The maximum atomic E-state index is 3.83. The van der Waals surface area contributed by atoms with Gasteiger partial charge in [0.1, 0.15) is 0 Å². The molecule has 0 radical (unpaired) electrons. The van der Waals surface area contributed by atoms with Gasteiger partial charge in [0.2, 0.25) is 0 Å². The van der Waals surface area contributed by atoms with E-state index >= 15 is 0 Å². The van der Waals surface area contributed by atoms with Crippen molar-refractivity contribution in [1.82, 2.24) is 10.4 Å². The summed E-state index contributed by atoms with van der Waals surface area (Å²) in [7, 11) is 0. The van der Waals surface area contributed by atoms with Gasteiger partial charge in [-0.05, 0) is 39.5 Å². The molecule has 2 nitrogen and oxygen atoms in total. The van der Waals surface area contributed by atoms with Crippen molar-refractivity contribution in [2.75, 3.05) is 0 Å². The molecule has 2 rings (SSSR count). The molecule has 2 unspecified atom stereocenters. The minimum Gasteiger partial charge on any atom is -0.252 e. The molecule has 94 valence electrons. The first kappa shape index (κ1) is 12.4. The number of piperidine rings is 1. The standard InChI is InChI=1S/C14H28N2/c1-12-8-7-9-13(2)16(12)15-14-10-5-3-4-6-11-14/h12-15H,3-11H2,1-2H3. The Bertz CT molecular complexity index is 187. The molecule has 1 aliphatic carbocycles. The van der Waals surface area contributed by atoms with Crippen molar-refractivity contribution in [3.05, 3.63) is 0 Å². The zero-order chi connectivity index (χ0) is 11.4. The summed E-state index contributed by atoms with van der Waals surface area (Å²) in [6.45, 7) is 4.75. The van der Waals surface area contributed by atoms with Crippen molar-refractivity contribution in [2.24, 2.45) is 0 Å². The molecule has 0 spiro atoms. The maximum absolute atomic E-state index is 3.83. The largest absolute Gasteiger partial charge is 0.252 e. The lowest BCUT2D eigenvalue weighted by atomic mass is 9.99. The SMILES string of the molecule is CC1CCCC(C)N1NC1CCCCCC1. The van der Waals surface area contributed by atoms with Crippen LogP contribution in [0.15, 0.2) is 0 Å². The van der Waals surface area contributed by atoms with Gasteiger partial charge < -0.3 is 0 Å². The summed E-state index contributed by atoms with van der Waals surface area (Å²) >= 11 is 0. The number of nitrogens with one attached hydrogen (secondary N) is 1. The van der Waals surface area contributed by atoms with E-state index in [1.54, 1.807) is 0 Å². The minimum absolute atomic E-state index is 0.729. The summed E-state index contributed by atoms with van der Waals surface area (Å²) < 4.78 is 0. The Morgan fingerprint density at radius 2 is 1.31 bits per heavy atom. The Hall–Kier alpha value is -0.0800. The molecule has 1 heterocycles. The first-order chi connectivity index (χ1) is 7.77. The van der Waals surface area contributed by atoms with Gasteiger partial charge in [-0.15, -0.1) is 0 Å². The van der Waals surface area contributed by atoms with E-state index in [4.69, 9.17) is 0 Å². The van der Waals surface area contributed by atoms with Crippen LogP contribution in [0.5, 0.6) is 0 Å². The monoisotopic (exact) mass is 224 g/mol. The van der Waals surface area contributed by atoms with Crippen LogP contribution in [-0.4, -0.2) is 23.1 Å². The van der Waals surface area contributed by atoms with Gasteiger partial charge in [-0.2, -0.15) is 0 Å². The van der Waals surface area contributed by atoms with Crippen LogP contribution in [0.1, 0.15) is 71.6 Å². The van der Waals surface area contributed by atoms with Crippen LogP contribution < -0.4 is 5.43 Å². The Morgan fingerprint density at radius 1 is 0.750 bits per heavy atom. The molecule has 0 aromatic carbocycles. The summed E-state index contributed by atoms with van der Waals surface area (Å²) in [4.78, 5) is 0. The predicted octanol–water partition coefficient (Wildman–Crippen LogP) is 3.48. The van der Waals surface area contributed by atoms with Crippen LogP contribution in [0, 0.1) is 0 Å². The molecule has 0 amide bonds. The summed E-state index contributed by atoms with van der Waals surface area (Å²) in [5.41, 5.74) is 3.83. The number of hydrogen-bond acceptors (Lipinski definition) is 2. The zero-order valence-corrected chi connectivity index (χ0v) is 11.0. The third kappa shape index (κ3) is 3.21. The number of nitrogens with zero attached hydrogens (tertiary/aromatic N) is 1. The van der Waals surface area contributed by atoms with E-state index in [2.05, 4.69) is 24.3 Å². The lowest BCUT2D eigenvalue weighted by Crippen LogP contribution is -2.55. The summed E-state index contributed by atoms with van der Waals surface area (Å²) in [5.74, 6) is 0. The van der Waals surface area contributed by atoms with Crippen molar-refractivity contribution in [3.8, 4) is 0 Å². The first-order valence-corrected chi connectivity index (χ1v) is 7.32. The fraction of sp³-hybridized carbons (Fsp3) is 1.00. The molecule has 1 N–H and O–H groups in total. The first-order valence-electron chi connectivity index (χ1n) is 7.32.